The summed E-state index contributed by atoms with van der Waals surface area (Å²) in [7, 11) is 0. The SMILES string of the molecule is CC(=O)N1CCc2sc3ncnc(OC4CCC(CC(=O)OC(C)(C)C)CC4)c3c2C1. The zero-order valence-corrected chi connectivity index (χ0v) is 19.6. The molecule has 0 saturated heterocycles. The lowest BCUT2D eigenvalue weighted by Crippen LogP contribution is -2.33. The number of aromatic nitrogens is 2. The third kappa shape index (κ3) is 5.17. The van der Waals surface area contributed by atoms with Gasteiger partial charge in [-0.15, -0.1) is 11.3 Å². The molecule has 168 valence electrons. The average Bonchev–Trinajstić information content (AvgIpc) is 3.06. The monoisotopic (exact) mass is 445 g/mol. The Bertz CT molecular complexity index is 973. The van der Waals surface area contributed by atoms with E-state index in [1.54, 1.807) is 24.6 Å². The Hall–Kier alpha value is -2.22. The van der Waals surface area contributed by atoms with Crippen LogP contribution in [0.5, 0.6) is 5.88 Å². The molecule has 1 saturated carbocycles. The van der Waals surface area contributed by atoms with Crippen molar-refractivity contribution in [3.63, 3.8) is 0 Å². The Labute approximate surface area is 187 Å². The van der Waals surface area contributed by atoms with Gasteiger partial charge in [-0.1, -0.05) is 0 Å². The van der Waals surface area contributed by atoms with E-state index < -0.39 is 5.60 Å². The van der Waals surface area contributed by atoms with Crippen LogP contribution in [0.3, 0.4) is 0 Å². The fraction of sp³-hybridized carbons (Fsp3) is 0.652. The Kier molecular flexibility index (Phi) is 6.19. The molecule has 7 nitrogen and oxygen atoms in total. The minimum Gasteiger partial charge on any atom is -0.474 e. The van der Waals surface area contributed by atoms with Crippen LogP contribution in [0.1, 0.15) is 70.2 Å². The van der Waals surface area contributed by atoms with Gasteiger partial charge in [-0.3, -0.25) is 9.59 Å². The van der Waals surface area contributed by atoms with Crippen molar-refractivity contribution in [2.24, 2.45) is 5.92 Å². The molecular formula is C23H31N3O4S. The molecule has 0 unspecified atom stereocenters. The third-order valence-corrected chi connectivity index (χ3v) is 7.19. The molecule has 0 N–H and O–H groups in total. The summed E-state index contributed by atoms with van der Waals surface area (Å²) < 4.78 is 11.8. The number of carbonyl (C=O) groups is 2. The standard InChI is InChI=1S/C23H31N3O4S/c1-14(27)26-10-9-18-17(12-26)20-21(24-13-25-22(20)31-18)29-16-7-5-15(6-8-16)11-19(28)30-23(2,3)4/h13,15-16H,5-12H2,1-4H3. The normalized spacial score (nSPS) is 21.6. The molecule has 2 aromatic rings. The highest BCUT2D eigenvalue weighted by Gasteiger charge is 2.29. The first-order valence-electron chi connectivity index (χ1n) is 11.1. The van der Waals surface area contributed by atoms with Gasteiger partial charge < -0.3 is 14.4 Å². The van der Waals surface area contributed by atoms with Crippen molar-refractivity contribution < 1.29 is 19.1 Å². The lowest BCUT2D eigenvalue weighted by molar-refractivity contribution is -0.156. The summed E-state index contributed by atoms with van der Waals surface area (Å²) in [5.41, 5.74) is 0.698. The number of esters is 1. The van der Waals surface area contributed by atoms with Crippen molar-refractivity contribution >= 4 is 33.4 Å². The molecule has 1 fully saturated rings. The van der Waals surface area contributed by atoms with Crippen LogP contribution in [0.2, 0.25) is 0 Å². The average molecular weight is 446 g/mol. The van der Waals surface area contributed by atoms with Crippen molar-refractivity contribution in [1.82, 2.24) is 14.9 Å². The third-order valence-electron chi connectivity index (χ3n) is 5.99. The highest BCUT2D eigenvalue weighted by molar-refractivity contribution is 7.18. The Morgan fingerprint density at radius 2 is 1.94 bits per heavy atom. The number of thiophene rings is 1. The second kappa shape index (κ2) is 8.73. The van der Waals surface area contributed by atoms with Crippen molar-refractivity contribution in [2.45, 2.75) is 84.5 Å². The molecule has 2 aromatic heterocycles. The van der Waals surface area contributed by atoms with E-state index in [4.69, 9.17) is 9.47 Å². The Balaban J connectivity index is 1.42. The van der Waals surface area contributed by atoms with Gasteiger partial charge in [-0.25, -0.2) is 9.97 Å². The molecule has 3 heterocycles. The number of amides is 1. The second-order valence-electron chi connectivity index (χ2n) is 9.60. The Morgan fingerprint density at radius 1 is 1.19 bits per heavy atom. The number of nitrogens with zero attached hydrogens (tertiary/aromatic N) is 3. The van der Waals surface area contributed by atoms with Crippen LogP contribution in [-0.4, -0.2) is 45.0 Å². The summed E-state index contributed by atoms with van der Waals surface area (Å²) in [5.74, 6) is 0.948. The van der Waals surface area contributed by atoms with Crippen LogP contribution in [0.25, 0.3) is 10.2 Å². The van der Waals surface area contributed by atoms with Gasteiger partial charge in [-0.2, -0.15) is 0 Å². The van der Waals surface area contributed by atoms with Crippen molar-refractivity contribution in [1.29, 1.82) is 0 Å². The van der Waals surface area contributed by atoms with Crippen LogP contribution in [-0.2, 0) is 27.3 Å². The molecule has 0 atom stereocenters. The molecule has 4 rings (SSSR count). The van der Waals surface area contributed by atoms with E-state index in [0.29, 0.717) is 24.8 Å². The summed E-state index contributed by atoms with van der Waals surface area (Å²) in [5, 5.41) is 0.962. The Morgan fingerprint density at radius 3 is 2.61 bits per heavy atom. The van der Waals surface area contributed by atoms with Crippen molar-refractivity contribution in [3.05, 3.63) is 16.8 Å². The number of hydrogen-bond acceptors (Lipinski definition) is 7. The predicted molar refractivity (Wildman–Crippen MR) is 119 cm³/mol. The largest absolute Gasteiger partial charge is 0.474 e. The molecule has 0 radical (unpaired) electrons. The minimum atomic E-state index is -0.437. The molecule has 0 bridgehead atoms. The molecule has 1 aliphatic carbocycles. The van der Waals surface area contributed by atoms with Crippen molar-refractivity contribution in [2.75, 3.05) is 6.54 Å². The fourth-order valence-corrected chi connectivity index (χ4v) is 5.60. The maximum atomic E-state index is 12.1. The van der Waals surface area contributed by atoms with E-state index in [9.17, 15) is 9.59 Å². The van der Waals surface area contributed by atoms with Gasteiger partial charge in [0.25, 0.3) is 0 Å². The summed E-state index contributed by atoms with van der Waals surface area (Å²) in [6.45, 7) is 8.66. The number of rotatable bonds is 4. The first-order chi connectivity index (χ1) is 14.7. The number of ether oxygens (including phenoxy) is 2. The van der Waals surface area contributed by atoms with Crippen molar-refractivity contribution in [3.8, 4) is 5.88 Å². The van der Waals surface area contributed by atoms with Crippen LogP contribution in [0.15, 0.2) is 6.33 Å². The molecule has 0 spiro atoms. The molecule has 1 amide bonds. The van der Waals surface area contributed by atoms with Crippen LogP contribution in [0, 0.1) is 5.92 Å². The molecule has 1 aliphatic heterocycles. The van der Waals surface area contributed by atoms with E-state index in [0.717, 1.165) is 54.4 Å². The van der Waals surface area contributed by atoms with Gasteiger partial charge in [0.05, 0.1) is 5.39 Å². The van der Waals surface area contributed by atoms with E-state index in [1.165, 1.54) is 4.88 Å². The zero-order chi connectivity index (χ0) is 22.2. The first kappa shape index (κ1) is 22.0. The summed E-state index contributed by atoms with van der Waals surface area (Å²) in [6.07, 6.45) is 6.64. The number of carbonyl (C=O) groups excluding carboxylic acids is 2. The molecule has 0 aromatic carbocycles. The van der Waals surface area contributed by atoms with Crippen LogP contribution < -0.4 is 4.74 Å². The molecule has 2 aliphatic rings. The predicted octanol–water partition coefficient (Wildman–Crippen LogP) is 4.27. The number of hydrogen-bond donors (Lipinski definition) is 0. The fourth-order valence-electron chi connectivity index (χ4n) is 4.47. The van der Waals surface area contributed by atoms with Crippen LogP contribution in [0.4, 0.5) is 0 Å². The van der Waals surface area contributed by atoms with Crippen LogP contribution >= 0.6 is 11.3 Å². The second-order valence-corrected chi connectivity index (χ2v) is 10.7. The van der Waals surface area contributed by atoms with Gasteiger partial charge in [0, 0.05) is 36.9 Å². The summed E-state index contributed by atoms with van der Waals surface area (Å²) in [4.78, 5) is 37.0. The maximum absolute atomic E-state index is 12.1. The number of fused-ring (bicyclic) bond motifs is 3. The van der Waals surface area contributed by atoms with E-state index in [1.807, 2.05) is 25.7 Å². The smallest absolute Gasteiger partial charge is 0.306 e. The van der Waals surface area contributed by atoms with Gasteiger partial charge in [0.15, 0.2) is 0 Å². The quantitative estimate of drug-likeness (QED) is 0.654. The zero-order valence-electron chi connectivity index (χ0n) is 18.8. The van der Waals surface area contributed by atoms with E-state index in [-0.39, 0.29) is 18.0 Å². The highest BCUT2D eigenvalue weighted by Crippen LogP contribution is 2.39. The lowest BCUT2D eigenvalue weighted by atomic mass is 9.85. The molecular weight excluding hydrogens is 414 g/mol. The lowest BCUT2D eigenvalue weighted by Gasteiger charge is -2.29. The molecule has 31 heavy (non-hydrogen) atoms. The molecule has 8 heteroatoms. The van der Waals surface area contributed by atoms with Gasteiger partial charge >= 0.3 is 5.97 Å². The minimum absolute atomic E-state index is 0.0797. The maximum Gasteiger partial charge on any atom is 0.306 e. The first-order valence-corrected chi connectivity index (χ1v) is 11.9. The summed E-state index contributed by atoms with van der Waals surface area (Å²) >= 11 is 1.68. The van der Waals surface area contributed by atoms with Gasteiger partial charge in [0.1, 0.15) is 22.9 Å². The van der Waals surface area contributed by atoms with Gasteiger partial charge in [-0.05, 0) is 58.8 Å². The highest BCUT2D eigenvalue weighted by atomic mass is 32.1. The topological polar surface area (TPSA) is 81.6 Å². The summed E-state index contributed by atoms with van der Waals surface area (Å²) in [6, 6.07) is 0. The van der Waals surface area contributed by atoms with Gasteiger partial charge in [0.2, 0.25) is 11.8 Å². The van der Waals surface area contributed by atoms with E-state index in [2.05, 4.69) is 9.97 Å². The van der Waals surface area contributed by atoms with E-state index >= 15 is 0 Å².